The Morgan fingerprint density at radius 3 is 2.55 bits per heavy atom. The molecule has 1 aromatic carbocycles. The van der Waals surface area contributed by atoms with Crippen LogP contribution in [0.15, 0.2) is 58.2 Å². The summed E-state index contributed by atoms with van der Waals surface area (Å²) < 4.78 is 37.6. The summed E-state index contributed by atoms with van der Waals surface area (Å²) in [4.78, 5) is 20.6. The third-order valence-electron chi connectivity index (χ3n) is 4.00. The van der Waals surface area contributed by atoms with Gasteiger partial charge in [-0.3, -0.25) is 4.98 Å². The molecule has 3 aromatic rings. The lowest BCUT2D eigenvalue weighted by Crippen LogP contribution is -2.40. The van der Waals surface area contributed by atoms with E-state index in [9.17, 15) is 13.2 Å². The number of hydrogen-bond acceptors (Lipinski definition) is 8. The molecule has 0 saturated carbocycles. The number of carbonyl (C=O) groups excluding carboxylic acids is 1. The van der Waals surface area contributed by atoms with Gasteiger partial charge in [-0.1, -0.05) is 5.16 Å². The van der Waals surface area contributed by atoms with Gasteiger partial charge in [-0.05, 0) is 63.6 Å². The summed E-state index contributed by atoms with van der Waals surface area (Å²) in [6.45, 7) is 5.42. The maximum absolute atomic E-state index is 12.3. The van der Waals surface area contributed by atoms with E-state index in [4.69, 9.17) is 9.26 Å². The van der Waals surface area contributed by atoms with Crippen LogP contribution in [-0.4, -0.2) is 41.7 Å². The first kappa shape index (κ1) is 22.6. The van der Waals surface area contributed by atoms with E-state index >= 15 is 0 Å². The Kier molecular flexibility index (Phi) is 6.81. The van der Waals surface area contributed by atoms with Crippen LogP contribution < -0.4 is 4.72 Å². The molecule has 0 fully saturated rings. The standard InChI is InChI=1S/C21H24N4O5S/c1-21(2,3)25-31(27,28)17-10-8-15(9-11-17)20(26)29-13-5-7-18-23-19(24-30-18)16-6-4-12-22-14-16/h4,6,8-12,14,25H,5,7,13H2,1-3H3. The number of esters is 1. The highest BCUT2D eigenvalue weighted by atomic mass is 32.2. The van der Waals surface area contributed by atoms with Crippen LogP contribution in [0.2, 0.25) is 0 Å². The monoisotopic (exact) mass is 444 g/mol. The van der Waals surface area contributed by atoms with Crippen molar-refractivity contribution >= 4 is 16.0 Å². The average molecular weight is 445 g/mol. The van der Waals surface area contributed by atoms with Gasteiger partial charge in [0.05, 0.1) is 17.1 Å². The number of sulfonamides is 1. The van der Waals surface area contributed by atoms with Crippen molar-refractivity contribution in [2.24, 2.45) is 0 Å². The number of ether oxygens (including phenoxy) is 1. The summed E-state index contributed by atoms with van der Waals surface area (Å²) in [5.74, 6) is 0.362. The van der Waals surface area contributed by atoms with Crippen LogP contribution >= 0.6 is 0 Å². The van der Waals surface area contributed by atoms with Crippen molar-refractivity contribution < 1.29 is 22.5 Å². The second kappa shape index (κ2) is 9.36. The Hall–Kier alpha value is -3.11. The van der Waals surface area contributed by atoms with Crippen molar-refractivity contribution in [2.45, 2.75) is 44.0 Å². The van der Waals surface area contributed by atoms with E-state index in [-0.39, 0.29) is 17.1 Å². The van der Waals surface area contributed by atoms with E-state index in [0.29, 0.717) is 24.6 Å². The number of pyridine rings is 1. The van der Waals surface area contributed by atoms with Gasteiger partial charge in [0.15, 0.2) is 0 Å². The van der Waals surface area contributed by atoms with Gasteiger partial charge < -0.3 is 9.26 Å². The van der Waals surface area contributed by atoms with Gasteiger partial charge in [0, 0.05) is 29.9 Å². The van der Waals surface area contributed by atoms with Gasteiger partial charge in [-0.25, -0.2) is 17.9 Å². The molecule has 31 heavy (non-hydrogen) atoms. The first-order valence-electron chi connectivity index (χ1n) is 9.68. The van der Waals surface area contributed by atoms with Crippen molar-refractivity contribution in [3.8, 4) is 11.4 Å². The Bertz CT molecular complexity index is 1120. The van der Waals surface area contributed by atoms with Crippen LogP contribution in [0.4, 0.5) is 0 Å². The minimum Gasteiger partial charge on any atom is -0.462 e. The van der Waals surface area contributed by atoms with Crippen LogP contribution in [0.3, 0.4) is 0 Å². The Balaban J connectivity index is 1.48. The number of hydrogen-bond donors (Lipinski definition) is 1. The maximum Gasteiger partial charge on any atom is 0.338 e. The van der Waals surface area contributed by atoms with Gasteiger partial charge in [0.2, 0.25) is 21.7 Å². The zero-order valence-corrected chi connectivity index (χ0v) is 18.3. The minimum absolute atomic E-state index is 0.0831. The number of benzene rings is 1. The smallest absolute Gasteiger partial charge is 0.338 e. The Morgan fingerprint density at radius 1 is 1.16 bits per heavy atom. The zero-order chi connectivity index (χ0) is 22.5. The second-order valence-corrected chi connectivity index (χ2v) is 9.56. The SMILES string of the molecule is CC(C)(C)NS(=O)(=O)c1ccc(C(=O)OCCCc2nc(-c3cccnc3)no2)cc1. The summed E-state index contributed by atoms with van der Waals surface area (Å²) in [5, 5.41) is 3.91. The average Bonchev–Trinajstić information content (AvgIpc) is 3.19. The quantitative estimate of drug-likeness (QED) is 0.415. The second-order valence-electron chi connectivity index (χ2n) is 7.87. The normalized spacial score (nSPS) is 12.0. The molecule has 0 spiro atoms. The molecular formula is C21H24N4O5S. The highest BCUT2D eigenvalue weighted by molar-refractivity contribution is 7.89. The lowest BCUT2D eigenvalue weighted by molar-refractivity contribution is 0.0498. The fraction of sp³-hybridized carbons (Fsp3) is 0.333. The van der Waals surface area contributed by atoms with E-state index in [2.05, 4.69) is 19.8 Å². The number of carbonyl (C=O) groups is 1. The molecule has 0 saturated heterocycles. The molecule has 0 radical (unpaired) electrons. The molecule has 10 heteroatoms. The Labute approximate surface area is 180 Å². The molecule has 3 rings (SSSR count). The first-order valence-corrected chi connectivity index (χ1v) is 11.2. The highest BCUT2D eigenvalue weighted by Gasteiger charge is 2.22. The van der Waals surface area contributed by atoms with Crippen molar-refractivity contribution in [2.75, 3.05) is 6.61 Å². The number of nitrogens with one attached hydrogen (secondary N) is 1. The molecule has 2 aromatic heterocycles. The van der Waals surface area contributed by atoms with E-state index in [1.807, 2.05) is 6.07 Å². The Morgan fingerprint density at radius 2 is 1.90 bits per heavy atom. The summed E-state index contributed by atoms with van der Waals surface area (Å²) in [5.41, 5.74) is 0.423. The molecule has 1 N–H and O–H groups in total. The summed E-state index contributed by atoms with van der Waals surface area (Å²) in [6.07, 6.45) is 4.26. The molecule has 2 heterocycles. The molecular weight excluding hydrogens is 420 g/mol. The van der Waals surface area contributed by atoms with Crippen LogP contribution in [0, 0.1) is 0 Å². The minimum atomic E-state index is -3.66. The fourth-order valence-electron chi connectivity index (χ4n) is 2.67. The van der Waals surface area contributed by atoms with Gasteiger partial charge in [-0.15, -0.1) is 0 Å². The van der Waals surface area contributed by atoms with E-state index in [0.717, 1.165) is 5.56 Å². The molecule has 0 aliphatic rings. The number of aryl methyl sites for hydroxylation is 1. The molecule has 0 aliphatic heterocycles. The highest BCUT2D eigenvalue weighted by Crippen LogP contribution is 2.16. The van der Waals surface area contributed by atoms with Crippen LogP contribution in [-0.2, 0) is 21.2 Å². The summed E-state index contributed by atoms with van der Waals surface area (Å²) in [7, 11) is -3.66. The van der Waals surface area contributed by atoms with Crippen molar-refractivity contribution in [1.82, 2.24) is 19.8 Å². The van der Waals surface area contributed by atoms with E-state index in [1.54, 1.807) is 39.2 Å². The van der Waals surface area contributed by atoms with Gasteiger partial charge in [0.1, 0.15) is 0 Å². The molecule has 0 aliphatic carbocycles. The van der Waals surface area contributed by atoms with Crippen molar-refractivity contribution in [3.05, 3.63) is 60.2 Å². The van der Waals surface area contributed by atoms with Gasteiger partial charge >= 0.3 is 5.97 Å². The third-order valence-corrected chi connectivity index (χ3v) is 5.77. The molecule has 164 valence electrons. The van der Waals surface area contributed by atoms with E-state index in [1.165, 1.54) is 24.3 Å². The third kappa shape index (κ3) is 6.43. The molecule has 0 unspecified atom stereocenters. The summed E-state index contributed by atoms with van der Waals surface area (Å²) >= 11 is 0. The summed E-state index contributed by atoms with van der Waals surface area (Å²) in [6, 6.07) is 9.23. The predicted molar refractivity (Wildman–Crippen MR) is 113 cm³/mol. The van der Waals surface area contributed by atoms with Crippen LogP contribution in [0.25, 0.3) is 11.4 Å². The number of aromatic nitrogens is 3. The molecule has 0 atom stereocenters. The number of rotatable bonds is 8. The number of nitrogens with zero attached hydrogens (tertiary/aromatic N) is 3. The first-order chi connectivity index (χ1) is 14.6. The largest absolute Gasteiger partial charge is 0.462 e. The van der Waals surface area contributed by atoms with Crippen LogP contribution in [0.1, 0.15) is 43.4 Å². The lowest BCUT2D eigenvalue weighted by atomic mass is 10.1. The molecule has 9 nitrogen and oxygen atoms in total. The van der Waals surface area contributed by atoms with E-state index < -0.39 is 21.5 Å². The van der Waals surface area contributed by atoms with Crippen molar-refractivity contribution in [1.29, 1.82) is 0 Å². The lowest BCUT2D eigenvalue weighted by Gasteiger charge is -2.20. The molecule has 0 amide bonds. The van der Waals surface area contributed by atoms with Gasteiger partial charge in [0.25, 0.3) is 0 Å². The molecule has 0 bridgehead atoms. The predicted octanol–water partition coefficient (Wildman–Crippen LogP) is 3.00. The zero-order valence-electron chi connectivity index (χ0n) is 17.5. The van der Waals surface area contributed by atoms with Crippen molar-refractivity contribution in [3.63, 3.8) is 0 Å². The van der Waals surface area contributed by atoms with Gasteiger partial charge in [-0.2, -0.15) is 4.98 Å². The topological polar surface area (TPSA) is 124 Å². The fourth-order valence-corrected chi connectivity index (χ4v) is 4.09. The van der Waals surface area contributed by atoms with Crippen LogP contribution in [0.5, 0.6) is 0 Å². The maximum atomic E-state index is 12.3.